The van der Waals surface area contributed by atoms with Crippen LogP contribution in [0.3, 0.4) is 0 Å². The summed E-state index contributed by atoms with van der Waals surface area (Å²) in [5.41, 5.74) is 2.87. The van der Waals surface area contributed by atoms with Gasteiger partial charge in [0, 0.05) is 12.3 Å². The summed E-state index contributed by atoms with van der Waals surface area (Å²) in [6.07, 6.45) is 2.18. The Kier molecular flexibility index (Phi) is 5.13. The second-order valence-corrected chi connectivity index (χ2v) is 5.72. The number of para-hydroxylation sites is 1. The lowest BCUT2D eigenvalue weighted by molar-refractivity contribution is -0.385. The van der Waals surface area contributed by atoms with E-state index in [1.807, 2.05) is 0 Å². The van der Waals surface area contributed by atoms with Gasteiger partial charge in [0.25, 0.3) is 11.6 Å². The fourth-order valence-electron chi connectivity index (χ4n) is 2.28. The minimum absolute atomic E-state index is 0.00848. The highest BCUT2D eigenvalue weighted by molar-refractivity contribution is 7.80. The molecule has 1 aliphatic rings. The smallest absolute Gasteiger partial charge is 0.287 e. The van der Waals surface area contributed by atoms with Gasteiger partial charge >= 0.3 is 0 Å². The molecule has 1 fully saturated rings. The number of aromatic nitrogens is 1. The van der Waals surface area contributed by atoms with Crippen molar-refractivity contribution in [3.63, 3.8) is 0 Å². The topological polar surface area (TPSA) is 130 Å². The molecule has 27 heavy (non-hydrogen) atoms. The molecule has 2 heterocycles. The fraction of sp³-hybridized carbons (Fsp3) is 0.0625. The standard InChI is InChI=1S/C16H12N6O4S/c23-14-12(9-18-20-13-7-6-11(8-17-13)22(25)26)15(24)21(16(27)19-14)10-4-2-1-3-5-10/h1-9,12H,(H,17,20)(H,19,23,27)/b18-9-/t12-/m1/s1. The van der Waals surface area contributed by atoms with E-state index in [-0.39, 0.29) is 16.6 Å². The van der Waals surface area contributed by atoms with Gasteiger partial charge in [-0.3, -0.25) is 30.0 Å². The van der Waals surface area contributed by atoms with Crippen molar-refractivity contribution in [1.29, 1.82) is 0 Å². The van der Waals surface area contributed by atoms with Crippen LogP contribution >= 0.6 is 12.2 Å². The Morgan fingerprint density at radius 1 is 1.26 bits per heavy atom. The van der Waals surface area contributed by atoms with Crippen molar-refractivity contribution in [1.82, 2.24) is 10.3 Å². The highest BCUT2D eigenvalue weighted by atomic mass is 32.1. The van der Waals surface area contributed by atoms with Gasteiger partial charge in [-0.25, -0.2) is 4.98 Å². The first-order valence-corrected chi connectivity index (χ1v) is 8.01. The van der Waals surface area contributed by atoms with Gasteiger partial charge in [-0.1, -0.05) is 18.2 Å². The molecule has 1 aromatic heterocycles. The van der Waals surface area contributed by atoms with Crippen LogP contribution in [-0.2, 0) is 9.59 Å². The summed E-state index contributed by atoms with van der Waals surface area (Å²) in [5.74, 6) is -2.12. The van der Waals surface area contributed by atoms with Crippen molar-refractivity contribution in [2.75, 3.05) is 10.3 Å². The van der Waals surface area contributed by atoms with E-state index in [2.05, 4.69) is 20.8 Å². The molecular weight excluding hydrogens is 372 g/mol. The minimum atomic E-state index is -1.19. The number of thiocarbonyl (C=S) groups is 1. The zero-order valence-corrected chi connectivity index (χ0v) is 14.4. The van der Waals surface area contributed by atoms with E-state index in [1.165, 1.54) is 17.0 Å². The Balaban J connectivity index is 1.74. The number of anilines is 2. The average molecular weight is 384 g/mol. The molecule has 2 N–H and O–H groups in total. The number of carbonyl (C=O) groups excluding carboxylic acids is 2. The van der Waals surface area contributed by atoms with Crippen LogP contribution in [0.25, 0.3) is 0 Å². The summed E-state index contributed by atoms with van der Waals surface area (Å²) in [4.78, 5) is 39.8. The maximum atomic E-state index is 12.7. The molecule has 11 heteroatoms. The summed E-state index contributed by atoms with van der Waals surface area (Å²) < 4.78 is 0. The molecule has 3 rings (SSSR count). The van der Waals surface area contributed by atoms with E-state index in [1.54, 1.807) is 30.3 Å². The molecule has 0 aliphatic carbocycles. The highest BCUT2D eigenvalue weighted by Crippen LogP contribution is 2.20. The van der Waals surface area contributed by atoms with Crippen LogP contribution in [0, 0.1) is 16.0 Å². The number of pyridine rings is 1. The molecule has 0 radical (unpaired) electrons. The molecule has 1 saturated heterocycles. The molecule has 0 unspecified atom stereocenters. The van der Waals surface area contributed by atoms with Crippen LogP contribution in [-0.4, -0.2) is 33.0 Å². The first-order chi connectivity index (χ1) is 13.0. The van der Waals surface area contributed by atoms with Gasteiger partial charge < -0.3 is 5.32 Å². The number of rotatable bonds is 5. The van der Waals surface area contributed by atoms with Gasteiger partial charge in [-0.15, -0.1) is 0 Å². The molecule has 2 amide bonds. The average Bonchev–Trinajstić information content (AvgIpc) is 2.65. The normalized spacial score (nSPS) is 17.1. The van der Waals surface area contributed by atoms with Gasteiger partial charge in [0.05, 0.1) is 10.6 Å². The number of nitrogens with one attached hydrogen (secondary N) is 2. The van der Waals surface area contributed by atoms with Gasteiger partial charge in [-0.2, -0.15) is 5.10 Å². The summed E-state index contributed by atoms with van der Waals surface area (Å²) >= 11 is 5.09. The lowest BCUT2D eigenvalue weighted by Gasteiger charge is -2.30. The molecule has 136 valence electrons. The predicted molar refractivity (Wildman–Crippen MR) is 101 cm³/mol. The predicted octanol–water partition coefficient (Wildman–Crippen LogP) is 1.45. The third-order valence-electron chi connectivity index (χ3n) is 3.58. The number of carbonyl (C=O) groups is 2. The zero-order chi connectivity index (χ0) is 19.4. The first-order valence-electron chi connectivity index (χ1n) is 7.61. The summed E-state index contributed by atoms with van der Waals surface area (Å²) in [6.45, 7) is 0. The van der Waals surface area contributed by atoms with Crippen LogP contribution in [0.4, 0.5) is 17.2 Å². The van der Waals surface area contributed by atoms with E-state index in [0.717, 1.165) is 12.4 Å². The Morgan fingerprint density at radius 3 is 2.63 bits per heavy atom. The van der Waals surface area contributed by atoms with Crippen molar-refractivity contribution in [2.45, 2.75) is 0 Å². The van der Waals surface area contributed by atoms with Crippen molar-refractivity contribution >= 4 is 52.6 Å². The van der Waals surface area contributed by atoms with E-state index < -0.39 is 22.7 Å². The van der Waals surface area contributed by atoms with Crippen LogP contribution in [0.5, 0.6) is 0 Å². The van der Waals surface area contributed by atoms with Crippen LogP contribution in [0.1, 0.15) is 0 Å². The Labute approximate surface area is 158 Å². The quantitative estimate of drug-likeness (QED) is 0.262. The van der Waals surface area contributed by atoms with Crippen molar-refractivity contribution in [2.24, 2.45) is 11.0 Å². The number of benzene rings is 1. The second kappa shape index (κ2) is 7.66. The van der Waals surface area contributed by atoms with Crippen molar-refractivity contribution < 1.29 is 14.5 Å². The molecule has 1 aromatic carbocycles. The van der Waals surface area contributed by atoms with Crippen molar-refractivity contribution in [3.05, 3.63) is 58.8 Å². The van der Waals surface area contributed by atoms with Gasteiger partial charge in [0.2, 0.25) is 5.91 Å². The van der Waals surface area contributed by atoms with E-state index in [4.69, 9.17) is 12.2 Å². The number of hydrogen-bond donors (Lipinski definition) is 2. The molecule has 1 aliphatic heterocycles. The number of hydrogen-bond acceptors (Lipinski definition) is 8. The van der Waals surface area contributed by atoms with Gasteiger partial charge in [-0.05, 0) is 30.4 Å². The zero-order valence-electron chi connectivity index (χ0n) is 13.6. The molecule has 0 spiro atoms. The van der Waals surface area contributed by atoms with E-state index in [9.17, 15) is 19.7 Å². The van der Waals surface area contributed by atoms with Crippen LogP contribution in [0.15, 0.2) is 53.8 Å². The SMILES string of the molecule is O=C1NC(=S)N(c2ccccc2)C(=O)[C@@H]1/C=N\Nc1ccc([N+](=O)[O-])cn1. The number of hydrazone groups is 1. The largest absolute Gasteiger partial charge is 0.301 e. The molecule has 1 atom stereocenters. The maximum Gasteiger partial charge on any atom is 0.287 e. The third kappa shape index (κ3) is 3.93. The Morgan fingerprint density at radius 2 is 2.00 bits per heavy atom. The van der Waals surface area contributed by atoms with E-state index >= 15 is 0 Å². The highest BCUT2D eigenvalue weighted by Gasteiger charge is 2.38. The lowest BCUT2D eigenvalue weighted by atomic mass is 10.1. The third-order valence-corrected chi connectivity index (χ3v) is 3.86. The minimum Gasteiger partial charge on any atom is -0.301 e. The fourth-order valence-corrected chi connectivity index (χ4v) is 2.58. The summed E-state index contributed by atoms with van der Waals surface area (Å²) in [7, 11) is 0. The van der Waals surface area contributed by atoms with Crippen molar-refractivity contribution in [3.8, 4) is 0 Å². The monoisotopic (exact) mass is 384 g/mol. The maximum absolute atomic E-state index is 12.7. The lowest BCUT2D eigenvalue weighted by Crippen LogP contribution is -2.58. The van der Waals surface area contributed by atoms with E-state index in [0.29, 0.717) is 5.69 Å². The molecule has 10 nitrogen and oxygen atoms in total. The Bertz CT molecular complexity index is 932. The second-order valence-electron chi connectivity index (χ2n) is 5.33. The Hall–Kier alpha value is -3.73. The summed E-state index contributed by atoms with van der Waals surface area (Å²) in [5, 5.41) is 16.9. The number of nitrogens with zero attached hydrogens (tertiary/aromatic N) is 4. The molecule has 2 aromatic rings. The molecular formula is C16H12N6O4S. The van der Waals surface area contributed by atoms with Gasteiger partial charge in [0.1, 0.15) is 12.0 Å². The number of amides is 2. The van der Waals surface area contributed by atoms with Gasteiger partial charge in [0.15, 0.2) is 11.0 Å². The molecule has 0 bridgehead atoms. The first kappa shape index (κ1) is 18.1. The number of nitro groups is 1. The van der Waals surface area contributed by atoms with Crippen LogP contribution in [0.2, 0.25) is 0 Å². The molecule has 0 saturated carbocycles. The summed E-state index contributed by atoms with van der Waals surface area (Å²) in [6, 6.07) is 11.3. The van der Waals surface area contributed by atoms with Crippen LogP contribution < -0.4 is 15.6 Å².